The fraction of sp³-hybridized carbons (Fsp3) is 0.103. The predicted octanol–water partition coefficient (Wildman–Crippen LogP) is 17.8. The average Bonchev–Trinajstić information content (AvgIpc) is 3.31. The molecule has 0 saturated carbocycles. The van der Waals surface area contributed by atoms with Crippen LogP contribution >= 0.6 is 23.5 Å². The Morgan fingerprint density at radius 2 is 0.871 bits per heavy atom. The van der Waals surface area contributed by atoms with Crippen LogP contribution in [0.25, 0.3) is 49.0 Å². The van der Waals surface area contributed by atoms with E-state index in [1.54, 1.807) is 0 Å². The third-order valence-corrected chi connectivity index (χ3v) is 15.2. The lowest BCUT2D eigenvalue weighted by molar-refractivity contribution is 0.482. The Morgan fingerprint density at radius 1 is 0.403 bits per heavy atom. The van der Waals surface area contributed by atoms with E-state index in [2.05, 4.69) is 219 Å². The van der Waals surface area contributed by atoms with Crippen LogP contribution in [-0.4, -0.2) is 0 Å². The molecule has 0 N–H and O–H groups in total. The summed E-state index contributed by atoms with van der Waals surface area (Å²) < 4.78 is 0. The van der Waals surface area contributed by atoms with Gasteiger partial charge in [-0.1, -0.05) is 165 Å². The van der Waals surface area contributed by atoms with Gasteiger partial charge in [0.1, 0.15) is 0 Å². The van der Waals surface area contributed by atoms with Crippen molar-refractivity contribution >= 4 is 95.5 Å². The van der Waals surface area contributed by atoms with Crippen molar-refractivity contribution in [2.75, 3.05) is 9.80 Å². The second-order valence-corrected chi connectivity index (χ2v) is 19.8. The fourth-order valence-corrected chi connectivity index (χ4v) is 12.1. The maximum atomic E-state index is 2.49. The number of benzene rings is 9. The minimum absolute atomic E-state index is 0.124. The summed E-state index contributed by atoms with van der Waals surface area (Å²) in [7, 11) is 0. The van der Waals surface area contributed by atoms with Gasteiger partial charge in [0.2, 0.25) is 0 Å². The van der Waals surface area contributed by atoms with E-state index in [1.165, 1.54) is 108 Å². The van der Waals surface area contributed by atoms with E-state index in [-0.39, 0.29) is 5.41 Å². The molecule has 3 aliphatic rings. The van der Waals surface area contributed by atoms with Crippen LogP contribution in [0, 0.1) is 5.41 Å². The molecule has 298 valence electrons. The average molecular weight is 833 g/mol. The molecule has 0 fully saturated rings. The van der Waals surface area contributed by atoms with Gasteiger partial charge in [-0.2, -0.15) is 0 Å². The van der Waals surface area contributed by atoms with Gasteiger partial charge < -0.3 is 9.80 Å². The number of fused-ring (bicyclic) bond motifs is 7. The van der Waals surface area contributed by atoms with E-state index in [9.17, 15) is 0 Å². The van der Waals surface area contributed by atoms with Gasteiger partial charge in [-0.05, 0) is 146 Å². The first-order valence-electron chi connectivity index (χ1n) is 21.6. The Kier molecular flexibility index (Phi) is 8.78. The molecule has 0 bridgehead atoms. The molecule has 0 saturated heterocycles. The van der Waals surface area contributed by atoms with Crippen LogP contribution in [0.2, 0.25) is 0 Å². The molecule has 1 aliphatic carbocycles. The summed E-state index contributed by atoms with van der Waals surface area (Å²) in [6, 6.07) is 65.6. The Labute approximate surface area is 372 Å². The minimum atomic E-state index is 0.124. The van der Waals surface area contributed by atoms with Gasteiger partial charge in [0, 0.05) is 31.0 Å². The molecule has 0 aromatic heterocycles. The van der Waals surface area contributed by atoms with Crippen LogP contribution in [0.3, 0.4) is 0 Å². The standard InChI is InChI=1S/C58H44N2S2/c1-58(2,3)39-29-27-38(28-30-39)56-44-33-31-41(60-50-21-8-12-25-54(50)62-55-26-13-9-22-51(55)60)36-47(44)57(43-18-14-16-37-15-4-5-17-42(37)43)45-34-32-40(35-46(45)56)59-48-19-6-10-23-52(48)61-53-24-11-7-20-49(53)59/h4-27,29,31-36H,28,30H2,1-3H3. The minimum Gasteiger partial charge on any atom is -0.308 e. The molecule has 2 heterocycles. The van der Waals surface area contributed by atoms with Crippen LogP contribution in [0.5, 0.6) is 0 Å². The van der Waals surface area contributed by atoms with Crippen LogP contribution in [0.4, 0.5) is 34.1 Å². The van der Waals surface area contributed by atoms with E-state index in [0.29, 0.717) is 0 Å². The molecule has 9 aromatic carbocycles. The zero-order valence-corrected chi connectivity index (χ0v) is 36.7. The largest absolute Gasteiger partial charge is 0.308 e. The van der Waals surface area contributed by atoms with E-state index >= 15 is 0 Å². The van der Waals surface area contributed by atoms with E-state index in [4.69, 9.17) is 0 Å². The van der Waals surface area contributed by atoms with Gasteiger partial charge in [-0.15, -0.1) is 0 Å². The van der Waals surface area contributed by atoms with Gasteiger partial charge in [-0.25, -0.2) is 0 Å². The first-order chi connectivity index (χ1) is 30.4. The van der Waals surface area contributed by atoms with Crippen LogP contribution in [-0.2, 0) is 0 Å². The summed E-state index contributed by atoms with van der Waals surface area (Å²) in [4.78, 5) is 10.0. The summed E-state index contributed by atoms with van der Waals surface area (Å²) in [6.07, 6.45) is 6.89. The lowest BCUT2D eigenvalue weighted by atomic mass is 9.77. The predicted molar refractivity (Wildman–Crippen MR) is 267 cm³/mol. The molecule has 0 unspecified atom stereocenters. The normalized spacial score (nSPS) is 14.6. The highest BCUT2D eigenvalue weighted by atomic mass is 32.2. The number of hydrogen-bond donors (Lipinski definition) is 0. The number of rotatable bonds is 4. The molecule has 12 rings (SSSR count). The Balaban J connectivity index is 1.20. The Bertz CT molecular complexity index is 3270. The number of para-hydroxylation sites is 4. The maximum absolute atomic E-state index is 2.49. The highest BCUT2D eigenvalue weighted by Crippen LogP contribution is 2.55. The van der Waals surface area contributed by atoms with Gasteiger partial charge >= 0.3 is 0 Å². The smallest absolute Gasteiger partial charge is 0.0601 e. The van der Waals surface area contributed by atoms with Crippen molar-refractivity contribution in [2.24, 2.45) is 5.41 Å². The van der Waals surface area contributed by atoms with E-state index < -0.39 is 0 Å². The number of allylic oxidation sites excluding steroid dienone is 4. The summed E-state index contributed by atoms with van der Waals surface area (Å²) in [5, 5.41) is 7.59. The third kappa shape index (κ3) is 6.03. The Morgan fingerprint density at radius 3 is 1.39 bits per heavy atom. The molecule has 62 heavy (non-hydrogen) atoms. The highest BCUT2D eigenvalue weighted by Gasteiger charge is 2.29. The molecule has 0 spiro atoms. The van der Waals surface area contributed by atoms with Gasteiger partial charge in [0.15, 0.2) is 0 Å². The van der Waals surface area contributed by atoms with Crippen molar-refractivity contribution in [3.05, 3.63) is 199 Å². The molecule has 2 nitrogen and oxygen atoms in total. The molecule has 4 heteroatoms. The van der Waals surface area contributed by atoms with Crippen molar-refractivity contribution in [1.29, 1.82) is 0 Å². The summed E-state index contributed by atoms with van der Waals surface area (Å²) >= 11 is 3.71. The van der Waals surface area contributed by atoms with Gasteiger partial charge in [0.05, 0.1) is 22.7 Å². The number of anilines is 6. The second-order valence-electron chi connectivity index (χ2n) is 17.6. The number of hydrogen-bond acceptors (Lipinski definition) is 4. The topological polar surface area (TPSA) is 6.48 Å². The third-order valence-electron chi connectivity index (χ3n) is 13.0. The van der Waals surface area contributed by atoms with E-state index in [1.807, 2.05) is 23.5 Å². The maximum Gasteiger partial charge on any atom is 0.0601 e. The van der Waals surface area contributed by atoms with Gasteiger partial charge in [0.25, 0.3) is 0 Å². The van der Waals surface area contributed by atoms with Crippen molar-refractivity contribution in [2.45, 2.75) is 53.2 Å². The molecule has 2 aliphatic heterocycles. The van der Waals surface area contributed by atoms with Crippen molar-refractivity contribution in [3.63, 3.8) is 0 Å². The van der Waals surface area contributed by atoms with Crippen LogP contribution in [0.15, 0.2) is 213 Å². The second kappa shape index (κ2) is 14.6. The van der Waals surface area contributed by atoms with Crippen molar-refractivity contribution in [3.8, 4) is 11.1 Å². The zero-order chi connectivity index (χ0) is 41.5. The summed E-state index contributed by atoms with van der Waals surface area (Å²) in [5.74, 6) is 0. The summed E-state index contributed by atoms with van der Waals surface area (Å²) in [5.41, 5.74) is 14.1. The molecule has 0 atom stereocenters. The Hall–Kier alpha value is -6.46. The first kappa shape index (κ1) is 37.3. The quantitative estimate of drug-likeness (QED) is 0.163. The fourth-order valence-electron chi connectivity index (χ4n) is 10.00. The van der Waals surface area contributed by atoms with Gasteiger partial charge in [-0.3, -0.25) is 0 Å². The van der Waals surface area contributed by atoms with Crippen molar-refractivity contribution < 1.29 is 0 Å². The van der Waals surface area contributed by atoms with Crippen LogP contribution < -0.4 is 9.80 Å². The zero-order valence-electron chi connectivity index (χ0n) is 35.0. The molecule has 0 radical (unpaired) electrons. The van der Waals surface area contributed by atoms with Crippen LogP contribution in [0.1, 0.15) is 39.2 Å². The molecular formula is C58H44N2S2. The van der Waals surface area contributed by atoms with Crippen molar-refractivity contribution in [1.82, 2.24) is 0 Å². The lowest BCUT2D eigenvalue weighted by Crippen LogP contribution is -2.15. The monoisotopic (exact) mass is 832 g/mol. The lowest BCUT2D eigenvalue weighted by Gasteiger charge is -2.34. The molecular weight excluding hydrogens is 789 g/mol. The highest BCUT2D eigenvalue weighted by molar-refractivity contribution is 8.00. The SMILES string of the molecule is CC(C)(C)C1=CC=C(c2c3cc(N4c5ccccc5Sc5ccccc54)ccc3c(-c3cccc4ccccc34)c3cc(N4c5ccccc5Sc5ccccc54)ccc23)CC1. The summed E-state index contributed by atoms with van der Waals surface area (Å²) in [6.45, 7) is 7.03. The first-order valence-corrected chi connectivity index (χ1v) is 23.3. The number of nitrogens with zero attached hydrogens (tertiary/aromatic N) is 2. The van der Waals surface area contributed by atoms with E-state index in [0.717, 1.165) is 18.5 Å². The molecule has 9 aromatic rings. The molecule has 0 amide bonds.